The van der Waals surface area contributed by atoms with Gasteiger partial charge >= 0.3 is 0 Å². The highest BCUT2D eigenvalue weighted by molar-refractivity contribution is 5.43. The molecule has 0 atom stereocenters. The third-order valence-electron chi connectivity index (χ3n) is 2.78. The van der Waals surface area contributed by atoms with E-state index in [2.05, 4.69) is 18.0 Å². The van der Waals surface area contributed by atoms with Crippen LogP contribution >= 0.6 is 0 Å². The molecule has 0 N–H and O–H groups in total. The van der Waals surface area contributed by atoms with Crippen molar-refractivity contribution in [3.8, 4) is 11.5 Å². The number of pyridine rings is 1. The number of hydrogen-bond acceptors (Lipinski definition) is 3. The van der Waals surface area contributed by atoms with Crippen LogP contribution in [0.5, 0.6) is 11.5 Å². The second-order valence-corrected chi connectivity index (χ2v) is 3.98. The van der Waals surface area contributed by atoms with Gasteiger partial charge in [0.1, 0.15) is 6.61 Å². The predicted molar refractivity (Wildman–Crippen MR) is 70.9 cm³/mol. The summed E-state index contributed by atoms with van der Waals surface area (Å²) in [6, 6.07) is 9.91. The van der Waals surface area contributed by atoms with Gasteiger partial charge in [-0.2, -0.15) is 0 Å². The van der Waals surface area contributed by atoms with Crippen LogP contribution < -0.4 is 9.47 Å². The molecule has 0 aliphatic heterocycles. The van der Waals surface area contributed by atoms with Crippen molar-refractivity contribution >= 4 is 0 Å². The van der Waals surface area contributed by atoms with E-state index in [1.807, 2.05) is 24.3 Å². The van der Waals surface area contributed by atoms with Crippen LogP contribution in [0.3, 0.4) is 0 Å². The Morgan fingerprint density at radius 3 is 2.44 bits per heavy atom. The van der Waals surface area contributed by atoms with Gasteiger partial charge in [0.15, 0.2) is 11.5 Å². The highest BCUT2D eigenvalue weighted by Crippen LogP contribution is 2.28. The van der Waals surface area contributed by atoms with Crippen LogP contribution in [0.25, 0.3) is 0 Å². The molecule has 0 spiro atoms. The fourth-order valence-electron chi connectivity index (χ4n) is 1.69. The van der Waals surface area contributed by atoms with Crippen molar-refractivity contribution in [3.05, 3.63) is 53.9 Å². The van der Waals surface area contributed by atoms with Crippen LogP contribution in [-0.4, -0.2) is 12.1 Å². The van der Waals surface area contributed by atoms with Crippen molar-refractivity contribution in [2.24, 2.45) is 0 Å². The Labute approximate surface area is 107 Å². The zero-order valence-electron chi connectivity index (χ0n) is 10.7. The van der Waals surface area contributed by atoms with E-state index in [4.69, 9.17) is 9.47 Å². The Morgan fingerprint density at radius 1 is 1.00 bits per heavy atom. The molecule has 94 valence electrons. The number of rotatable bonds is 5. The average molecular weight is 243 g/mol. The Bertz CT molecular complexity index is 497. The first-order valence-corrected chi connectivity index (χ1v) is 6.02. The number of methoxy groups -OCH3 is 1. The van der Waals surface area contributed by atoms with Crippen LogP contribution in [0.1, 0.15) is 18.1 Å². The molecule has 0 fully saturated rings. The van der Waals surface area contributed by atoms with Gasteiger partial charge in [-0.1, -0.05) is 13.0 Å². The monoisotopic (exact) mass is 243 g/mol. The highest BCUT2D eigenvalue weighted by atomic mass is 16.5. The summed E-state index contributed by atoms with van der Waals surface area (Å²) in [6.07, 6.45) is 4.51. The normalized spacial score (nSPS) is 10.1. The summed E-state index contributed by atoms with van der Waals surface area (Å²) >= 11 is 0. The third kappa shape index (κ3) is 3.00. The molecule has 0 bridgehead atoms. The quantitative estimate of drug-likeness (QED) is 0.808. The molecule has 2 rings (SSSR count). The molecular weight excluding hydrogens is 226 g/mol. The molecule has 3 nitrogen and oxygen atoms in total. The molecule has 0 saturated heterocycles. The Kier molecular flexibility index (Phi) is 4.18. The van der Waals surface area contributed by atoms with Crippen molar-refractivity contribution in [1.82, 2.24) is 4.98 Å². The summed E-state index contributed by atoms with van der Waals surface area (Å²) in [4.78, 5) is 3.98. The SMILES string of the molecule is CCc1ccc(OC)c(OCc2ccncc2)c1. The van der Waals surface area contributed by atoms with E-state index in [1.165, 1.54) is 5.56 Å². The van der Waals surface area contributed by atoms with Gasteiger partial charge in [0, 0.05) is 12.4 Å². The molecule has 1 heterocycles. The van der Waals surface area contributed by atoms with Crippen LogP contribution in [-0.2, 0) is 13.0 Å². The van der Waals surface area contributed by atoms with Crippen molar-refractivity contribution in [1.29, 1.82) is 0 Å². The molecule has 3 heteroatoms. The number of aromatic nitrogens is 1. The van der Waals surface area contributed by atoms with Gasteiger partial charge < -0.3 is 9.47 Å². The molecule has 2 aromatic rings. The molecule has 0 radical (unpaired) electrons. The van der Waals surface area contributed by atoms with E-state index in [-0.39, 0.29) is 0 Å². The number of nitrogens with zero attached hydrogens (tertiary/aromatic N) is 1. The van der Waals surface area contributed by atoms with Gasteiger partial charge in [-0.15, -0.1) is 0 Å². The van der Waals surface area contributed by atoms with Crippen LogP contribution in [0.4, 0.5) is 0 Å². The number of ether oxygens (including phenoxy) is 2. The van der Waals surface area contributed by atoms with Gasteiger partial charge in [0.25, 0.3) is 0 Å². The lowest BCUT2D eigenvalue weighted by Crippen LogP contribution is -1.98. The van der Waals surface area contributed by atoms with Gasteiger partial charge in [0.2, 0.25) is 0 Å². The van der Waals surface area contributed by atoms with Crippen molar-refractivity contribution < 1.29 is 9.47 Å². The lowest BCUT2D eigenvalue weighted by molar-refractivity contribution is 0.284. The summed E-state index contributed by atoms with van der Waals surface area (Å²) in [5.74, 6) is 1.55. The minimum Gasteiger partial charge on any atom is -0.493 e. The standard InChI is InChI=1S/C15H17NO2/c1-3-12-4-5-14(17-2)15(10-12)18-11-13-6-8-16-9-7-13/h4-10H,3,11H2,1-2H3. The van der Waals surface area contributed by atoms with Crippen molar-refractivity contribution in [2.45, 2.75) is 20.0 Å². The van der Waals surface area contributed by atoms with E-state index < -0.39 is 0 Å². The van der Waals surface area contributed by atoms with E-state index in [0.717, 1.165) is 23.5 Å². The zero-order chi connectivity index (χ0) is 12.8. The van der Waals surface area contributed by atoms with Gasteiger partial charge in [-0.3, -0.25) is 4.98 Å². The molecular formula is C15H17NO2. The minimum absolute atomic E-state index is 0.520. The first kappa shape index (κ1) is 12.4. The van der Waals surface area contributed by atoms with Gasteiger partial charge in [0.05, 0.1) is 7.11 Å². The van der Waals surface area contributed by atoms with Crippen LogP contribution in [0.2, 0.25) is 0 Å². The second-order valence-electron chi connectivity index (χ2n) is 3.98. The lowest BCUT2D eigenvalue weighted by atomic mass is 10.1. The Balaban J connectivity index is 2.12. The maximum atomic E-state index is 5.80. The average Bonchev–Trinajstić information content (AvgIpc) is 2.45. The molecule has 0 aliphatic rings. The van der Waals surface area contributed by atoms with Crippen molar-refractivity contribution in [2.75, 3.05) is 7.11 Å². The highest BCUT2D eigenvalue weighted by Gasteiger charge is 2.05. The Hall–Kier alpha value is -2.03. The second kappa shape index (κ2) is 6.05. The van der Waals surface area contributed by atoms with E-state index in [0.29, 0.717) is 6.61 Å². The topological polar surface area (TPSA) is 31.4 Å². The van der Waals surface area contributed by atoms with Crippen molar-refractivity contribution in [3.63, 3.8) is 0 Å². The molecule has 18 heavy (non-hydrogen) atoms. The number of benzene rings is 1. The number of hydrogen-bond donors (Lipinski definition) is 0. The van der Waals surface area contributed by atoms with Gasteiger partial charge in [-0.25, -0.2) is 0 Å². The largest absolute Gasteiger partial charge is 0.493 e. The smallest absolute Gasteiger partial charge is 0.161 e. The molecule has 0 amide bonds. The zero-order valence-corrected chi connectivity index (χ0v) is 10.7. The summed E-state index contributed by atoms with van der Waals surface area (Å²) in [6.45, 7) is 2.64. The van der Waals surface area contributed by atoms with E-state index >= 15 is 0 Å². The van der Waals surface area contributed by atoms with Crippen LogP contribution in [0.15, 0.2) is 42.7 Å². The lowest BCUT2D eigenvalue weighted by Gasteiger charge is -2.11. The fourth-order valence-corrected chi connectivity index (χ4v) is 1.69. The minimum atomic E-state index is 0.520. The third-order valence-corrected chi connectivity index (χ3v) is 2.78. The maximum absolute atomic E-state index is 5.80. The maximum Gasteiger partial charge on any atom is 0.161 e. The first-order valence-electron chi connectivity index (χ1n) is 6.02. The molecule has 0 saturated carbocycles. The summed E-state index contributed by atoms with van der Waals surface area (Å²) in [7, 11) is 1.65. The molecule has 1 aromatic heterocycles. The molecule has 1 aromatic carbocycles. The van der Waals surface area contributed by atoms with E-state index in [1.54, 1.807) is 19.5 Å². The van der Waals surface area contributed by atoms with E-state index in [9.17, 15) is 0 Å². The predicted octanol–water partition coefficient (Wildman–Crippen LogP) is 3.23. The summed E-state index contributed by atoms with van der Waals surface area (Å²) in [5.41, 5.74) is 2.33. The summed E-state index contributed by atoms with van der Waals surface area (Å²) < 4.78 is 11.1. The first-order chi connectivity index (χ1) is 8.83. The fraction of sp³-hybridized carbons (Fsp3) is 0.267. The molecule has 0 unspecified atom stereocenters. The number of aryl methyl sites for hydroxylation is 1. The van der Waals surface area contributed by atoms with Crippen LogP contribution in [0, 0.1) is 0 Å². The van der Waals surface area contributed by atoms with Gasteiger partial charge in [-0.05, 0) is 41.8 Å². The molecule has 0 aliphatic carbocycles. The Morgan fingerprint density at radius 2 is 1.78 bits per heavy atom. The summed E-state index contributed by atoms with van der Waals surface area (Å²) in [5, 5.41) is 0.